The van der Waals surface area contributed by atoms with Crippen LogP contribution in [0.5, 0.6) is 0 Å². The Labute approximate surface area is 90.7 Å². The lowest BCUT2D eigenvalue weighted by Gasteiger charge is -2.02. The molecular weight excluding hydrogens is 184 g/mol. The summed E-state index contributed by atoms with van der Waals surface area (Å²) >= 11 is 0. The molecule has 0 spiro atoms. The average molecular weight is 202 g/mol. The van der Waals surface area contributed by atoms with Crippen LogP contribution in [0.3, 0.4) is 0 Å². The third-order valence-electron chi connectivity index (χ3n) is 2.75. The number of hydrogen-bond donors (Lipinski definition) is 1. The van der Waals surface area contributed by atoms with Crippen LogP contribution >= 0.6 is 0 Å². The monoisotopic (exact) mass is 202 g/mol. The lowest BCUT2D eigenvalue weighted by atomic mass is 10.1. The maximum atomic E-state index is 5.86. The van der Waals surface area contributed by atoms with Crippen LogP contribution < -0.4 is 5.73 Å². The van der Waals surface area contributed by atoms with Gasteiger partial charge in [0.1, 0.15) is 0 Å². The molecule has 1 aromatic carbocycles. The third kappa shape index (κ3) is 1.90. The van der Waals surface area contributed by atoms with Gasteiger partial charge in [0.15, 0.2) is 0 Å². The number of benzene rings is 1. The van der Waals surface area contributed by atoms with Crippen molar-refractivity contribution >= 4 is 10.9 Å². The van der Waals surface area contributed by atoms with Crippen molar-refractivity contribution in [2.75, 3.05) is 0 Å². The number of nitrogens with two attached hydrogens (primary N) is 1. The largest absolute Gasteiger partial charge is 0.347 e. The van der Waals surface area contributed by atoms with Gasteiger partial charge in [0.25, 0.3) is 0 Å². The smallest absolute Gasteiger partial charge is 0.0483 e. The summed E-state index contributed by atoms with van der Waals surface area (Å²) in [6, 6.07) is 8.75. The number of aromatic nitrogens is 1. The molecule has 0 amide bonds. The highest BCUT2D eigenvalue weighted by Crippen LogP contribution is 2.22. The second-order valence-electron chi connectivity index (χ2n) is 4.14. The Kier molecular flexibility index (Phi) is 2.78. The third-order valence-corrected chi connectivity index (χ3v) is 2.75. The van der Waals surface area contributed by atoms with Crippen LogP contribution in [-0.2, 0) is 13.0 Å². The molecular formula is C13H18N2. The summed E-state index contributed by atoms with van der Waals surface area (Å²) < 4.78 is 2.28. The van der Waals surface area contributed by atoms with E-state index in [1.807, 2.05) is 0 Å². The predicted molar refractivity (Wildman–Crippen MR) is 65.0 cm³/mol. The van der Waals surface area contributed by atoms with Crippen molar-refractivity contribution in [1.82, 2.24) is 4.57 Å². The van der Waals surface area contributed by atoms with Crippen LogP contribution in [0.2, 0.25) is 0 Å². The zero-order valence-electron chi connectivity index (χ0n) is 9.40. The minimum atomic E-state index is 0.223. The van der Waals surface area contributed by atoms with Gasteiger partial charge in [-0.2, -0.15) is 0 Å². The van der Waals surface area contributed by atoms with Crippen LogP contribution in [0, 0.1) is 0 Å². The molecule has 0 aliphatic carbocycles. The standard InChI is InChI=1S/C13H18N2/c1-3-15-9-11(8-10(2)14)12-6-4-5-7-13(12)15/h4-7,9-10H,3,8,14H2,1-2H3. The van der Waals surface area contributed by atoms with E-state index in [0.29, 0.717) is 0 Å². The molecule has 0 saturated carbocycles. The minimum absolute atomic E-state index is 0.223. The van der Waals surface area contributed by atoms with E-state index in [4.69, 9.17) is 5.73 Å². The van der Waals surface area contributed by atoms with Crippen LogP contribution in [0.4, 0.5) is 0 Å². The van der Waals surface area contributed by atoms with Crippen LogP contribution in [0.15, 0.2) is 30.5 Å². The Bertz CT molecular complexity index is 455. The second-order valence-corrected chi connectivity index (χ2v) is 4.14. The van der Waals surface area contributed by atoms with Gasteiger partial charge in [-0.3, -0.25) is 0 Å². The molecule has 15 heavy (non-hydrogen) atoms. The van der Waals surface area contributed by atoms with Crippen molar-refractivity contribution < 1.29 is 0 Å². The summed E-state index contributed by atoms with van der Waals surface area (Å²) in [5, 5.41) is 1.34. The lowest BCUT2D eigenvalue weighted by molar-refractivity contribution is 0.731. The van der Waals surface area contributed by atoms with Gasteiger partial charge in [-0.1, -0.05) is 18.2 Å². The van der Waals surface area contributed by atoms with Crippen molar-refractivity contribution in [3.05, 3.63) is 36.0 Å². The van der Waals surface area contributed by atoms with Gasteiger partial charge in [0.2, 0.25) is 0 Å². The first kappa shape index (κ1) is 10.2. The Morgan fingerprint density at radius 3 is 2.73 bits per heavy atom. The Morgan fingerprint density at radius 1 is 1.33 bits per heavy atom. The molecule has 1 unspecified atom stereocenters. The maximum Gasteiger partial charge on any atom is 0.0483 e. The topological polar surface area (TPSA) is 30.9 Å². The van der Waals surface area contributed by atoms with E-state index < -0.39 is 0 Å². The molecule has 0 aliphatic heterocycles. The van der Waals surface area contributed by atoms with Crippen molar-refractivity contribution in [2.45, 2.75) is 32.9 Å². The molecule has 0 bridgehead atoms. The molecule has 0 aliphatic rings. The predicted octanol–water partition coefficient (Wildman–Crippen LogP) is 2.55. The number of aryl methyl sites for hydroxylation is 1. The number of para-hydroxylation sites is 1. The van der Waals surface area contributed by atoms with Gasteiger partial charge in [0, 0.05) is 29.7 Å². The fraction of sp³-hybridized carbons (Fsp3) is 0.385. The number of fused-ring (bicyclic) bond motifs is 1. The van der Waals surface area contributed by atoms with Crippen molar-refractivity contribution in [1.29, 1.82) is 0 Å². The molecule has 0 fully saturated rings. The van der Waals surface area contributed by atoms with E-state index in [1.54, 1.807) is 0 Å². The van der Waals surface area contributed by atoms with Gasteiger partial charge in [-0.25, -0.2) is 0 Å². The van der Waals surface area contributed by atoms with E-state index >= 15 is 0 Å². The average Bonchev–Trinajstić information content (AvgIpc) is 2.56. The first-order valence-electron chi connectivity index (χ1n) is 5.54. The van der Waals surface area contributed by atoms with Crippen LogP contribution in [0.25, 0.3) is 10.9 Å². The summed E-state index contributed by atoms with van der Waals surface area (Å²) in [5.74, 6) is 0. The molecule has 2 nitrogen and oxygen atoms in total. The first-order chi connectivity index (χ1) is 7.22. The molecule has 2 rings (SSSR count). The van der Waals surface area contributed by atoms with E-state index in [2.05, 4.69) is 48.9 Å². The number of rotatable bonds is 3. The molecule has 2 heteroatoms. The van der Waals surface area contributed by atoms with E-state index in [-0.39, 0.29) is 6.04 Å². The van der Waals surface area contributed by atoms with Gasteiger partial charge in [0.05, 0.1) is 0 Å². The summed E-state index contributed by atoms with van der Waals surface area (Å²) in [6.45, 7) is 5.24. The molecule has 1 atom stereocenters. The second kappa shape index (κ2) is 4.07. The fourth-order valence-electron chi connectivity index (χ4n) is 2.09. The molecule has 2 aromatic rings. The Hall–Kier alpha value is -1.28. The quantitative estimate of drug-likeness (QED) is 0.814. The van der Waals surface area contributed by atoms with E-state index in [9.17, 15) is 0 Å². The molecule has 0 saturated heterocycles. The fourth-order valence-corrected chi connectivity index (χ4v) is 2.09. The highest BCUT2D eigenvalue weighted by molar-refractivity contribution is 5.84. The molecule has 0 radical (unpaired) electrons. The molecule has 1 heterocycles. The number of nitrogens with zero attached hydrogens (tertiary/aromatic N) is 1. The first-order valence-corrected chi connectivity index (χ1v) is 5.54. The zero-order chi connectivity index (χ0) is 10.8. The molecule has 2 N–H and O–H groups in total. The molecule has 1 aromatic heterocycles. The van der Waals surface area contributed by atoms with E-state index in [1.165, 1.54) is 16.5 Å². The summed E-state index contributed by atoms with van der Waals surface area (Å²) in [5.41, 5.74) is 8.54. The summed E-state index contributed by atoms with van der Waals surface area (Å²) in [6.07, 6.45) is 3.18. The van der Waals surface area contributed by atoms with Crippen LogP contribution in [-0.4, -0.2) is 10.6 Å². The van der Waals surface area contributed by atoms with E-state index in [0.717, 1.165) is 13.0 Å². The van der Waals surface area contributed by atoms with Crippen molar-refractivity contribution in [3.8, 4) is 0 Å². The highest BCUT2D eigenvalue weighted by atomic mass is 14.9. The minimum Gasteiger partial charge on any atom is -0.347 e. The SMILES string of the molecule is CCn1cc(CC(C)N)c2ccccc21. The normalized spacial score (nSPS) is 13.3. The summed E-state index contributed by atoms with van der Waals surface area (Å²) in [7, 11) is 0. The Balaban J connectivity index is 2.55. The van der Waals surface area contributed by atoms with Crippen molar-refractivity contribution in [3.63, 3.8) is 0 Å². The van der Waals surface area contributed by atoms with Gasteiger partial charge < -0.3 is 10.3 Å². The lowest BCUT2D eigenvalue weighted by Crippen LogP contribution is -2.17. The van der Waals surface area contributed by atoms with Crippen LogP contribution in [0.1, 0.15) is 19.4 Å². The molecule has 80 valence electrons. The maximum absolute atomic E-state index is 5.86. The summed E-state index contributed by atoms with van der Waals surface area (Å²) in [4.78, 5) is 0. The van der Waals surface area contributed by atoms with Gasteiger partial charge in [-0.05, 0) is 31.9 Å². The van der Waals surface area contributed by atoms with Crippen molar-refractivity contribution in [2.24, 2.45) is 5.73 Å². The van der Waals surface area contributed by atoms with Gasteiger partial charge in [-0.15, -0.1) is 0 Å². The number of hydrogen-bond acceptors (Lipinski definition) is 1. The zero-order valence-corrected chi connectivity index (χ0v) is 9.40. The highest BCUT2D eigenvalue weighted by Gasteiger charge is 2.07. The van der Waals surface area contributed by atoms with Gasteiger partial charge >= 0.3 is 0 Å². The Morgan fingerprint density at radius 2 is 2.07 bits per heavy atom.